The molecule has 0 spiro atoms. The van der Waals surface area contributed by atoms with E-state index < -0.39 is 8.07 Å². The second-order valence-electron chi connectivity index (χ2n) is 6.98. The van der Waals surface area contributed by atoms with Crippen LogP contribution in [0.25, 0.3) is 0 Å². The summed E-state index contributed by atoms with van der Waals surface area (Å²) >= 11 is 0. The van der Waals surface area contributed by atoms with Crippen molar-refractivity contribution in [2.24, 2.45) is 0 Å². The molecular weight excluding hydrogens is 366 g/mol. The van der Waals surface area contributed by atoms with Gasteiger partial charge in [0.25, 0.3) is 0 Å². The average molecular weight is 390 g/mol. The summed E-state index contributed by atoms with van der Waals surface area (Å²) in [5, 5.41) is 3.89. The molecule has 0 fully saturated rings. The van der Waals surface area contributed by atoms with Gasteiger partial charge in [-0.05, 0) is 27.7 Å². The van der Waals surface area contributed by atoms with Gasteiger partial charge in [-0.2, -0.15) is 0 Å². The highest BCUT2D eigenvalue weighted by atomic mass is 28.3. The number of para-hydroxylation sites is 1. The van der Waals surface area contributed by atoms with Gasteiger partial charge in [-0.15, -0.1) is 0 Å². The van der Waals surface area contributed by atoms with Crippen molar-refractivity contribution in [1.82, 2.24) is 0 Å². The van der Waals surface area contributed by atoms with Crippen LogP contribution in [0.15, 0.2) is 121 Å². The van der Waals surface area contributed by atoms with Crippen molar-refractivity contribution in [1.29, 1.82) is 0 Å². The van der Waals surface area contributed by atoms with Crippen molar-refractivity contribution in [2.45, 2.75) is 0 Å². The van der Waals surface area contributed by atoms with Gasteiger partial charge >= 0.3 is 0 Å². The minimum atomic E-state index is -2.52. The zero-order valence-corrected chi connectivity index (χ0v) is 17.5. The maximum atomic E-state index is 3.80. The second kappa shape index (κ2) is 8.64. The van der Waals surface area contributed by atoms with Crippen LogP contribution < -0.4 is 20.5 Å². The summed E-state index contributed by atoms with van der Waals surface area (Å²) in [7, 11) is -0.492. The smallest absolute Gasteiger partial charge is 0.232 e. The van der Waals surface area contributed by atoms with Gasteiger partial charge in [-0.25, -0.2) is 0 Å². The van der Waals surface area contributed by atoms with E-state index in [1.54, 1.807) is 0 Å². The minimum absolute atomic E-state index is 1.09. The third-order valence-electron chi connectivity index (χ3n) is 5.18. The lowest BCUT2D eigenvalue weighted by atomic mass is 10.3. The molecule has 0 amide bonds. The van der Waals surface area contributed by atoms with Crippen LogP contribution in [0.3, 0.4) is 0 Å². The van der Waals surface area contributed by atoms with Crippen molar-refractivity contribution < 1.29 is 0 Å². The number of anilines is 1. The maximum absolute atomic E-state index is 3.80. The topological polar surface area (TPSA) is 3.24 Å². The first-order valence-electron chi connectivity index (χ1n) is 9.79. The number of hydrogen-bond donors (Lipinski definition) is 0. The quantitative estimate of drug-likeness (QED) is 0.222. The monoisotopic (exact) mass is 389 g/mol. The normalized spacial score (nSPS) is 10.7. The molecule has 0 aromatic heterocycles. The third-order valence-corrected chi connectivity index (χ3v) is 9.26. The van der Waals surface area contributed by atoms with Crippen molar-refractivity contribution in [3.63, 3.8) is 0 Å². The molecule has 2 heteroatoms. The Bertz CT molecular complexity index is 1000. The lowest BCUT2D eigenvalue weighted by Gasteiger charge is -2.28. The zero-order valence-electron chi connectivity index (χ0n) is 16.5. The molecule has 0 saturated heterocycles. The van der Waals surface area contributed by atoms with Crippen molar-refractivity contribution in [3.05, 3.63) is 121 Å². The molecule has 29 heavy (non-hydrogen) atoms. The van der Waals surface area contributed by atoms with Crippen molar-refractivity contribution in [2.75, 3.05) is 11.9 Å². The largest absolute Gasteiger partial charge is 0.305 e. The van der Waals surface area contributed by atoms with Gasteiger partial charge in [0.05, 0.1) is 0 Å². The van der Waals surface area contributed by atoms with Crippen molar-refractivity contribution in [3.8, 4) is 11.6 Å². The first-order chi connectivity index (χ1) is 14.3. The fraction of sp³-hybridized carbons (Fsp3) is 0.0370. The fourth-order valence-corrected chi connectivity index (χ4v) is 7.51. The van der Waals surface area contributed by atoms with E-state index >= 15 is 0 Å². The molecule has 0 heterocycles. The molecule has 0 aliphatic heterocycles. The molecule has 0 aliphatic carbocycles. The van der Waals surface area contributed by atoms with E-state index in [1.165, 1.54) is 15.6 Å². The van der Waals surface area contributed by atoms with Gasteiger partial charge < -0.3 is 4.90 Å². The molecule has 4 aromatic rings. The molecule has 1 nitrogen and oxygen atoms in total. The predicted molar refractivity (Wildman–Crippen MR) is 127 cm³/mol. The molecule has 0 N–H and O–H groups in total. The highest BCUT2D eigenvalue weighted by Gasteiger charge is 2.38. The van der Waals surface area contributed by atoms with Gasteiger partial charge in [-0.1, -0.05) is 115 Å². The van der Waals surface area contributed by atoms with Crippen LogP contribution in [0.2, 0.25) is 0 Å². The predicted octanol–water partition coefficient (Wildman–Crippen LogP) is 3.79. The molecule has 4 aromatic carbocycles. The molecular formula is C27H23NSi. The van der Waals surface area contributed by atoms with Gasteiger partial charge in [0, 0.05) is 18.8 Å². The summed E-state index contributed by atoms with van der Waals surface area (Å²) in [6, 6.07) is 46.0. The minimum Gasteiger partial charge on any atom is -0.305 e. The van der Waals surface area contributed by atoms with E-state index in [0.29, 0.717) is 0 Å². The average Bonchev–Trinajstić information content (AvgIpc) is 2.82. The van der Waals surface area contributed by atoms with Gasteiger partial charge in [-0.3, -0.25) is 0 Å². The van der Waals surface area contributed by atoms with Crippen LogP contribution in [0.1, 0.15) is 0 Å². The number of benzene rings is 4. The lowest BCUT2D eigenvalue weighted by Crippen LogP contribution is -2.66. The molecule has 0 saturated carbocycles. The van der Waals surface area contributed by atoms with E-state index in [1.807, 2.05) is 30.1 Å². The Balaban J connectivity index is 1.95. The SMILES string of the molecule is CN(C#C[Si](c1ccccc1)(c1ccccc1)c1ccccc1)c1ccccc1. The van der Waals surface area contributed by atoms with Gasteiger partial charge in [0.15, 0.2) is 0 Å². The third kappa shape index (κ3) is 3.87. The summed E-state index contributed by atoms with van der Waals surface area (Å²) < 4.78 is 0. The van der Waals surface area contributed by atoms with E-state index in [2.05, 4.69) is 115 Å². The summed E-state index contributed by atoms with van der Waals surface area (Å²) in [6.07, 6.45) is 0. The molecule has 0 bridgehead atoms. The Kier molecular flexibility index (Phi) is 5.60. The summed E-state index contributed by atoms with van der Waals surface area (Å²) in [4.78, 5) is 2.02. The number of nitrogens with zero attached hydrogens (tertiary/aromatic N) is 1. The van der Waals surface area contributed by atoms with Crippen LogP contribution in [0.4, 0.5) is 5.69 Å². The lowest BCUT2D eigenvalue weighted by molar-refractivity contribution is 1.25. The maximum Gasteiger partial charge on any atom is 0.232 e. The van der Waals surface area contributed by atoms with E-state index in [0.717, 1.165) is 5.69 Å². The highest BCUT2D eigenvalue weighted by Crippen LogP contribution is 2.11. The first kappa shape index (κ1) is 18.8. The van der Waals surface area contributed by atoms with Gasteiger partial charge in [0.2, 0.25) is 8.07 Å². The van der Waals surface area contributed by atoms with Crippen LogP contribution >= 0.6 is 0 Å². The van der Waals surface area contributed by atoms with Crippen molar-refractivity contribution >= 4 is 29.3 Å². The van der Waals surface area contributed by atoms with Crippen LogP contribution in [0.5, 0.6) is 0 Å². The summed E-state index contributed by atoms with van der Waals surface area (Å²) in [6.45, 7) is 0. The Hall–Kier alpha value is -3.54. The van der Waals surface area contributed by atoms with Crippen LogP contribution in [-0.4, -0.2) is 15.1 Å². The van der Waals surface area contributed by atoms with E-state index in [-0.39, 0.29) is 0 Å². The fourth-order valence-electron chi connectivity index (χ4n) is 3.66. The molecule has 4 rings (SSSR count). The Morgan fingerprint density at radius 2 is 0.862 bits per heavy atom. The number of hydrogen-bond acceptors (Lipinski definition) is 1. The Morgan fingerprint density at radius 3 is 1.24 bits per heavy atom. The molecule has 0 unspecified atom stereocenters. The molecule has 140 valence electrons. The second-order valence-corrected chi connectivity index (χ2v) is 10.5. The van der Waals surface area contributed by atoms with E-state index in [9.17, 15) is 0 Å². The Labute approximate surface area is 174 Å². The summed E-state index contributed by atoms with van der Waals surface area (Å²) in [5.41, 5.74) is 4.89. The van der Waals surface area contributed by atoms with Crippen LogP contribution in [-0.2, 0) is 0 Å². The van der Waals surface area contributed by atoms with Gasteiger partial charge in [0.1, 0.15) is 0 Å². The van der Waals surface area contributed by atoms with Crippen LogP contribution in [0, 0.1) is 11.6 Å². The van der Waals surface area contributed by atoms with E-state index in [4.69, 9.17) is 0 Å². The zero-order chi connectivity index (χ0) is 19.9. The highest BCUT2D eigenvalue weighted by molar-refractivity contribution is 7.16. The summed E-state index contributed by atoms with van der Waals surface area (Å²) in [5.74, 6) is 0. The molecule has 0 aliphatic rings. The molecule has 0 radical (unpaired) electrons. The number of rotatable bonds is 4. The first-order valence-corrected chi connectivity index (χ1v) is 11.8. The molecule has 0 atom stereocenters. The Morgan fingerprint density at radius 1 is 0.517 bits per heavy atom. The standard InChI is InChI=1S/C27H23NSi/c1-28(24-14-6-2-7-15-24)22-23-29(25-16-8-3-9-17-25,26-18-10-4-11-19-26)27-20-12-5-13-21-27/h2-21H,1H3.